The number of urea groups is 1. The molecule has 0 saturated carbocycles. The average Bonchev–Trinajstić information content (AvgIpc) is 3.03. The first-order chi connectivity index (χ1) is 13.4. The molecule has 148 valence electrons. The number of rotatable bonds is 5. The minimum absolute atomic E-state index is 0.140. The average molecular weight is 404 g/mol. The summed E-state index contributed by atoms with van der Waals surface area (Å²) in [7, 11) is 2.97. The van der Waals surface area contributed by atoms with Gasteiger partial charge in [-0.1, -0.05) is 29.3 Å². The highest BCUT2D eigenvalue weighted by Crippen LogP contribution is 2.35. The van der Waals surface area contributed by atoms with Gasteiger partial charge >= 0.3 is 6.03 Å². The third kappa shape index (κ3) is 4.14. The Hall–Kier alpha value is -2.93. The van der Waals surface area contributed by atoms with Crippen LogP contribution in [0.15, 0.2) is 36.4 Å². The summed E-state index contributed by atoms with van der Waals surface area (Å²) in [6.07, 6.45) is 0.528. The summed E-state index contributed by atoms with van der Waals surface area (Å²) in [5, 5.41) is 5.73. The first-order valence-corrected chi connectivity index (χ1v) is 9.18. The second-order valence-corrected chi connectivity index (χ2v) is 6.86. The molecular formula is C20H22ClN3O4. The number of nitrogens with one attached hydrogen (secondary N) is 2. The topological polar surface area (TPSA) is 79.9 Å². The van der Waals surface area contributed by atoms with Gasteiger partial charge in [-0.05, 0) is 31.5 Å². The van der Waals surface area contributed by atoms with Gasteiger partial charge in [0, 0.05) is 18.3 Å². The number of carbonyl (C=O) groups is 2. The number of methoxy groups -OCH3 is 2. The summed E-state index contributed by atoms with van der Waals surface area (Å²) in [5.74, 6) is 0.693. The van der Waals surface area contributed by atoms with E-state index in [1.165, 1.54) is 20.3 Å². The smallest absolute Gasteiger partial charge is 0.319 e. The fourth-order valence-corrected chi connectivity index (χ4v) is 3.31. The number of nitrogens with zero attached hydrogens (tertiary/aromatic N) is 1. The lowest BCUT2D eigenvalue weighted by Gasteiger charge is -2.18. The van der Waals surface area contributed by atoms with E-state index in [0.717, 1.165) is 11.3 Å². The van der Waals surface area contributed by atoms with E-state index >= 15 is 0 Å². The van der Waals surface area contributed by atoms with E-state index in [-0.39, 0.29) is 5.91 Å². The Morgan fingerprint density at radius 2 is 1.82 bits per heavy atom. The van der Waals surface area contributed by atoms with Crippen molar-refractivity contribution in [1.82, 2.24) is 5.32 Å². The predicted molar refractivity (Wildman–Crippen MR) is 109 cm³/mol. The first kappa shape index (κ1) is 19.8. The van der Waals surface area contributed by atoms with Gasteiger partial charge in [0.2, 0.25) is 5.91 Å². The molecule has 2 N–H and O–H groups in total. The van der Waals surface area contributed by atoms with Crippen molar-refractivity contribution in [2.45, 2.75) is 19.4 Å². The number of carbonyl (C=O) groups excluding carboxylic acids is 2. The van der Waals surface area contributed by atoms with Crippen LogP contribution < -0.4 is 25.0 Å². The molecule has 2 aromatic rings. The monoisotopic (exact) mass is 403 g/mol. The molecule has 1 aliphatic heterocycles. The number of aryl methyl sites for hydroxylation is 1. The van der Waals surface area contributed by atoms with Gasteiger partial charge in [-0.15, -0.1) is 0 Å². The summed E-state index contributed by atoms with van der Waals surface area (Å²) in [6, 6.07) is 9.72. The number of halogens is 1. The summed E-state index contributed by atoms with van der Waals surface area (Å²) >= 11 is 6.12. The van der Waals surface area contributed by atoms with E-state index in [0.29, 0.717) is 35.2 Å². The number of amides is 3. The van der Waals surface area contributed by atoms with Crippen LogP contribution in [0.25, 0.3) is 0 Å². The molecular weight excluding hydrogens is 382 g/mol. The van der Waals surface area contributed by atoms with E-state index in [9.17, 15) is 9.59 Å². The maximum Gasteiger partial charge on any atom is 0.319 e. The van der Waals surface area contributed by atoms with Crippen molar-refractivity contribution in [3.8, 4) is 11.5 Å². The maximum atomic E-state index is 12.7. The second-order valence-electron chi connectivity index (χ2n) is 6.45. The van der Waals surface area contributed by atoms with E-state index in [2.05, 4.69) is 10.6 Å². The molecule has 1 atom stereocenters. The van der Waals surface area contributed by atoms with Gasteiger partial charge in [0.15, 0.2) is 0 Å². The molecule has 0 aliphatic carbocycles. The van der Waals surface area contributed by atoms with Crippen molar-refractivity contribution >= 4 is 34.9 Å². The molecule has 3 rings (SSSR count). The molecule has 0 aromatic heterocycles. The molecule has 1 fully saturated rings. The van der Waals surface area contributed by atoms with E-state index in [1.54, 1.807) is 11.0 Å². The molecule has 1 heterocycles. The van der Waals surface area contributed by atoms with Crippen molar-refractivity contribution in [1.29, 1.82) is 0 Å². The molecule has 1 unspecified atom stereocenters. The highest BCUT2D eigenvalue weighted by Gasteiger charge is 2.33. The van der Waals surface area contributed by atoms with Crippen molar-refractivity contribution < 1.29 is 19.1 Å². The molecule has 0 radical (unpaired) electrons. The molecule has 0 spiro atoms. The van der Waals surface area contributed by atoms with Crippen LogP contribution in [0.2, 0.25) is 5.02 Å². The van der Waals surface area contributed by atoms with Crippen LogP contribution in [0.1, 0.15) is 12.0 Å². The molecule has 2 aromatic carbocycles. The van der Waals surface area contributed by atoms with Gasteiger partial charge in [-0.3, -0.25) is 4.79 Å². The number of hydrogen-bond donors (Lipinski definition) is 2. The Kier molecular flexibility index (Phi) is 5.94. The van der Waals surface area contributed by atoms with Gasteiger partial charge in [0.25, 0.3) is 0 Å². The van der Waals surface area contributed by atoms with Crippen LogP contribution in [0.4, 0.5) is 16.2 Å². The zero-order valence-corrected chi connectivity index (χ0v) is 16.7. The summed E-state index contributed by atoms with van der Waals surface area (Å²) in [5.41, 5.74) is 2.33. The number of hydrogen-bond acceptors (Lipinski definition) is 4. The molecule has 7 nitrogen and oxygen atoms in total. The van der Waals surface area contributed by atoms with E-state index in [4.69, 9.17) is 21.1 Å². The van der Waals surface area contributed by atoms with Gasteiger partial charge in [-0.25, -0.2) is 4.79 Å². The van der Waals surface area contributed by atoms with Crippen LogP contribution in [-0.2, 0) is 4.79 Å². The van der Waals surface area contributed by atoms with E-state index in [1.807, 2.05) is 31.2 Å². The minimum Gasteiger partial charge on any atom is -0.495 e. The van der Waals surface area contributed by atoms with Crippen molar-refractivity contribution in [2.24, 2.45) is 0 Å². The maximum absolute atomic E-state index is 12.7. The summed E-state index contributed by atoms with van der Waals surface area (Å²) in [6.45, 7) is 2.54. The SMILES string of the molecule is COc1cc(OC)c(NC(=O)NC2CCN(c3ccc(C)cc3)C2=O)cc1Cl. The number of ether oxygens (including phenoxy) is 2. The Morgan fingerprint density at radius 1 is 1.14 bits per heavy atom. The third-order valence-corrected chi connectivity index (χ3v) is 4.87. The zero-order chi connectivity index (χ0) is 20.3. The fourth-order valence-electron chi connectivity index (χ4n) is 3.07. The van der Waals surface area contributed by atoms with Crippen LogP contribution in [0, 0.1) is 6.92 Å². The van der Waals surface area contributed by atoms with Crippen molar-refractivity contribution in [3.05, 3.63) is 47.0 Å². The van der Waals surface area contributed by atoms with Crippen LogP contribution in [0.3, 0.4) is 0 Å². The lowest BCUT2D eigenvalue weighted by atomic mass is 10.2. The van der Waals surface area contributed by atoms with Gasteiger partial charge in [-0.2, -0.15) is 0 Å². The molecule has 1 saturated heterocycles. The minimum atomic E-state index is -0.596. The molecule has 0 bridgehead atoms. The highest BCUT2D eigenvalue weighted by atomic mass is 35.5. The zero-order valence-electron chi connectivity index (χ0n) is 15.9. The lowest BCUT2D eigenvalue weighted by Crippen LogP contribution is -2.43. The number of anilines is 2. The third-order valence-electron chi connectivity index (χ3n) is 4.58. The first-order valence-electron chi connectivity index (χ1n) is 8.80. The Morgan fingerprint density at radius 3 is 2.46 bits per heavy atom. The number of benzene rings is 2. The van der Waals surface area contributed by atoms with Crippen molar-refractivity contribution in [2.75, 3.05) is 31.0 Å². The summed E-state index contributed by atoms with van der Waals surface area (Å²) in [4.78, 5) is 26.7. The van der Waals surface area contributed by atoms with E-state index < -0.39 is 12.1 Å². The van der Waals surface area contributed by atoms with Gasteiger partial charge in [0.1, 0.15) is 17.5 Å². The highest BCUT2D eigenvalue weighted by molar-refractivity contribution is 6.32. The lowest BCUT2D eigenvalue weighted by molar-refractivity contribution is -0.118. The fraction of sp³-hybridized carbons (Fsp3) is 0.300. The normalized spacial score (nSPS) is 16.1. The Bertz CT molecular complexity index is 886. The predicted octanol–water partition coefficient (Wildman–Crippen LogP) is 3.59. The van der Waals surface area contributed by atoms with Crippen LogP contribution in [0.5, 0.6) is 11.5 Å². The standard InChI is InChI=1S/C20H22ClN3O4/c1-12-4-6-13(7-5-12)24-9-8-15(19(24)25)22-20(26)23-16-10-14(21)17(27-2)11-18(16)28-3/h4-7,10-11,15H,8-9H2,1-3H3,(H2,22,23,26). The quantitative estimate of drug-likeness (QED) is 0.799. The van der Waals surface area contributed by atoms with Gasteiger partial charge < -0.3 is 25.0 Å². The molecule has 1 aliphatic rings. The van der Waals surface area contributed by atoms with Gasteiger partial charge in [0.05, 0.1) is 24.9 Å². The summed E-state index contributed by atoms with van der Waals surface area (Å²) < 4.78 is 10.4. The second kappa shape index (κ2) is 8.39. The van der Waals surface area contributed by atoms with Crippen molar-refractivity contribution in [3.63, 3.8) is 0 Å². The molecule has 8 heteroatoms. The van der Waals surface area contributed by atoms with Crippen LogP contribution in [-0.4, -0.2) is 38.7 Å². The Labute approximate surface area is 168 Å². The Balaban J connectivity index is 1.66. The molecule has 3 amide bonds. The van der Waals surface area contributed by atoms with Crippen LogP contribution >= 0.6 is 11.6 Å². The largest absolute Gasteiger partial charge is 0.495 e. The molecule has 28 heavy (non-hydrogen) atoms.